The molecule has 0 aromatic rings. The fraction of sp³-hybridized carbons (Fsp3) is 0.929. The van der Waals surface area contributed by atoms with Crippen LogP contribution in [0.5, 0.6) is 0 Å². The SMILES string of the molecule is CCOC(=O)[C@@H](CN)C1(N(CC)CC)CCCC1. The molecule has 4 heteroatoms. The van der Waals surface area contributed by atoms with E-state index in [1.807, 2.05) is 6.92 Å². The Bertz CT molecular complexity index is 259. The molecule has 1 aliphatic carbocycles. The largest absolute Gasteiger partial charge is 0.466 e. The number of hydrogen-bond acceptors (Lipinski definition) is 4. The maximum Gasteiger partial charge on any atom is 0.312 e. The van der Waals surface area contributed by atoms with Crippen molar-refractivity contribution in [2.75, 3.05) is 26.2 Å². The normalized spacial score (nSPS) is 20.1. The number of hydrogen-bond donors (Lipinski definition) is 1. The second-order valence-electron chi connectivity index (χ2n) is 5.02. The highest BCUT2D eigenvalue weighted by Gasteiger charge is 2.48. The molecule has 1 atom stereocenters. The molecule has 4 nitrogen and oxygen atoms in total. The Morgan fingerprint density at radius 2 is 1.83 bits per heavy atom. The van der Waals surface area contributed by atoms with Gasteiger partial charge in [0, 0.05) is 12.1 Å². The van der Waals surface area contributed by atoms with Crippen LogP contribution in [0.1, 0.15) is 46.5 Å². The summed E-state index contributed by atoms with van der Waals surface area (Å²) >= 11 is 0. The average molecular weight is 256 g/mol. The zero-order valence-corrected chi connectivity index (χ0v) is 12.1. The van der Waals surface area contributed by atoms with Crippen molar-refractivity contribution in [1.82, 2.24) is 4.90 Å². The van der Waals surface area contributed by atoms with Crippen molar-refractivity contribution in [1.29, 1.82) is 0 Å². The molecule has 0 spiro atoms. The molecule has 0 amide bonds. The average Bonchev–Trinajstić information content (AvgIpc) is 2.82. The van der Waals surface area contributed by atoms with E-state index in [4.69, 9.17) is 10.5 Å². The van der Waals surface area contributed by atoms with Crippen LogP contribution in [0.2, 0.25) is 0 Å². The third-order valence-electron chi connectivity index (χ3n) is 4.32. The summed E-state index contributed by atoms with van der Waals surface area (Å²) in [6, 6.07) is 0. The van der Waals surface area contributed by atoms with Gasteiger partial charge in [0.1, 0.15) is 0 Å². The molecule has 0 unspecified atom stereocenters. The molecule has 0 aromatic heterocycles. The summed E-state index contributed by atoms with van der Waals surface area (Å²) in [6.07, 6.45) is 4.50. The Kier molecular flexibility index (Phi) is 6.09. The van der Waals surface area contributed by atoms with Gasteiger partial charge in [0.05, 0.1) is 12.5 Å². The molecule has 0 aliphatic heterocycles. The number of nitrogens with two attached hydrogens (primary N) is 1. The zero-order chi connectivity index (χ0) is 13.6. The first kappa shape index (κ1) is 15.4. The number of carbonyl (C=O) groups excluding carboxylic acids is 1. The van der Waals surface area contributed by atoms with Gasteiger partial charge in [-0.2, -0.15) is 0 Å². The van der Waals surface area contributed by atoms with Crippen LogP contribution in [0.25, 0.3) is 0 Å². The number of nitrogens with zero attached hydrogens (tertiary/aromatic N) is 1. The van der Waals surface area contributed by atoms with E-state index in [0.717, 1.165) is 25.9 Å². The van der Waals surface area contributed by atoms with Crippen LogP contribution in [0.3, 0.4) is 0 Å². The zero-order valence-electron chi connectivity index (χ0n) is 12.1. The lowest BCUT2D eigenvalue weighted by Crippen LogP contribution is -2.57. The minimum atomic E-state index is -0.181. The molecule has 0 aromatic carbocycles. The molecule has 1 rings (SSSR count). The molecule has 1 fully saturated rings. The third-order valence-corrected chi connectivity index (χ3v) is 4.32. The lowest BCUT2D eigenvalue weighted by molar-refractivity contribution is -0.153. The van der Waals surface area contributed by atoms with Crippen LogP contribution < -0.4 is 5.73 Å². The van der Waals surface area contributed by atoms with Crippen LogP contribution in [-0.4, -0.2) is 42.6 Å². The number of rotatable bonds is 7. The standard InChI is InChI=1S/C14H28N2O2/c1-4-16(5-2)14(9-7-8-10-14)12(11-15)13(17)18-6-3/h12H,4-11,15H2,1-3H3/t12-/m1/s1. The van der Waals surface area contributed by atoms with Crippen molar-refractivity contribution in [2.24, 2.45) is 11.7 Å². The first-order chi connectivity index (χ1) is 8.66. The van der Waals surface area contributed by atoms with E-state index >= 15 is 0 Å². The van der Waals surface area contributed by atoms with Gasteiger partial charge in [-0.25, -0.2) is 0 Å². The Balaban J connectivity index is 2.96. The number of carbonyl (C=O) groups is 1. The first-order valence-electron chi connectivity index (χ1n) is 7.28. The van der Waals surface area contributed by atoms with Crippen molar-refractivity contribution >= 4 is 5.97 Å². The van der Waals surface area contributed by atoms with Crippen molar-refractivity contribution in [2.45, 2.75) is 52.0 Å². The number of ether oxygens (including phenoxy) is 1. The molecule has 106 valence electrons. The molecular weight excluding hydrogens is 228 g/mol. The highest BCUT2D eigenvalue weighted by molar-refractivity contribution is 5.74. The molecule has 18 heavy (non-hydrogen) atoms. The predicted octanol–water partition coefficient (Wildman–Crippen LogP) is 1.78. The van der Waals surface area contributed by atoms with Crippen molar-refractivity contribution in [3.8, 4) is 0 Å². The van der Waals surface area contributed by atoms with Crippen molar-refractivity contribution in [3.05, 3.63) is 0 Å². The van der Waals surface area contributed by atoms with Gasteiger partial charge in [-0.3, -0.25) is 9.69 Å². The van der Waals surface area contributed by atoms with Gasteiger partial charge >= 0.3 is 5.97 Å². The topological polar surface area (TPSA) is 55.6 Å². The summed E-state index contributed by atoms with van der Waals surface area (Å²) in [4.78, 5) is 14.6. The second kappa shape index (κ2) is 7.10. The van der Waals surface area contributed by atoms with E-state index in [1.54, 1.807) is 0 Å². The van der Waals surface area contributed by atoms with E-state index in [9.17, 15) is 4.79 Å². The quantitative estimate of drug-likeness (QED) is 0.705. The molecule has 2 N–H and O–H groups in total. The predicted molar refractivity (Wildman–Crippen MR) is 73.3 cm³/mol. The van der Waals surface area contributed by atoms with Gasteiger partial charge < -0.3 is 10.5 Å². The summed E-state index contributed by atoms with van der Waals surface area (Å²) in [5, 5.41) is 0. The first-order valence-corrected chi connectivity index (χ1v) is 7.28. The minimum Gasteiger partial charge on any atom is -0.466 e. The summed E-state index contributed by atoms with van der Waals surface area (Å²) < 4.78 is 5.23. The summed E-state index contributed by atoms with van der Waals surface area (Å²) in [7, 11) is 0. The van der Waals surface area contributed by atoms with Gasteiger partial charge in [0.2, 0.25) is 0 Å². The lowest BCUT2D eigenvalue weighted by atomic mass is 9.80. The smallest absolute Gasteiger partial charge is 0.312 e. The second-order valence-corrected chi connectivity index (χ2v) is 5.02. The molecular formula is C14H28N2O2. The summed E-state index contributed by atoms with van der Waals surface area (Å²) in [5.74, 6) is -0.298. The van der Waals surface area contributed by atoms with Gasteiger partial charge in [0.15, 0.2) is 0 Å². The van der Waals surface area contributed by atoms with E-state index in [2.05, 4.69) is 18.7 Å². The fourth-order valence-electron chi connectivity index (χ4n) is 3.50. The summed E-state index contributed by atoms with van der Waals surface area (Å²) in [5.41, 5.74) is 5.82. The minimum absolute atomic E-state index is 0.0650. The van der Waals surface area contributed by atoms with Crippen LogP contribution in [0.4, 0.5) is 0 Å². The highest BCUT2D eigenvalue weighted by atomic mass is 16.5. The van der Waals surface area contributed by atoms with Gasteiger partial charge in [-0.15, -0.1) is 0 Å². The molecule has 1 saturated carbocycles. The van der Waals surface area contributed by atoms with Gasteiger partial charge in [0.25, 0.3) is 0 Å². The molecule has 0 bridgehead atoms. The Hall–Kier alpha value is -0.610. The highest BCUT2D eigenvalue weighted by Crippen LogP contribution is 2.41. The maximum atomic E-state index is 12.2. The van der Waals surface area contributed by atoms with Crippen LogP contribution in [0.15, 0.2) is 0 Å². The molecule has 0 radical (unpaired) electrons. The fourth-order valence-corrected chi connectivity index (χ4v) is 3.50. The Labute approximate surface area is 111 Å². The van der Waals surface area contributed by atoms with E-state index in [-0.39, 0.29) is 17.4 Å². The van der Waals surface area contributed by atoms with Crippen LogP contribution >= 0.6 is 0 Å². The monoisotopic (exact) mass is 256 g/mol. The van der Waals surface area contributed by atoms with E-state index in [0.29, 0.717) is 13.2 Å². The molecule has 1 aliphatic rings. The third kappa shape index (κ3) is 2.86. The van der Waals surface area contributed by atoms with Crippen molar-refractivity contribution in [3.63, 3.8) is 0 Å². The summed E-state index contributed by atoms with van der Waals surface area (Å²) in [6.45, 7) is 8.91. The van der Waals surface area contributed by atoms with Crippen LogP contribution in [-0.2, 0) is 9.53 Å². The van der Waals surface area contributed by atoms with Gasteiger partial charge in [-0.05, 0) is 32.9 Å². The lowest BCUT2D eigenvalue weighted by Gasteiger charge is -2.44. The van der Waals surface area contributed by atoms with E-state index in [1.165, 1.54) is 12.8 Å². The number of esters is 1. The Morgan fingerprint density at radius 3 is 2.22 bits per heavy atom. The Morgan fingerprint density at radius 1 is 1.28 bits per heavy atom. The van der Waals surface area contributed by atoms with Crippen molar-refractivity contribution < 1.29 is 9.53 Å². The van der Waals surface area contributed by atoms with E-state index < -0.39 is 0 Å². The molecule has 0 saturated heterocycles. The van der Waals surface area contributed by atoms with Crippen LogP contribution in [0, 0.1) is 5.92 Å². The van der Waals surface area contributed by atoms with Gasteiger partial charge in [-0.1, -0.05) is 26.7 Å². The maximum absolute atomic E-state index is 12.2. The molecule has 0 heterocycles.